The lowest BCUT2D eigenvalue weighted by Gasteiger charge is -2.33. The molecule has 1 aliphatic rings. The first-order chi connectivity index (χ1) is 15.0. The Kier molecular flexibility index (Phi) is 5.71. The topological polar surface area (TPSA) is 113 Å². The van der Waals surface area contributed by atoms with Gasteiger partial charge in [0, 0.05) is 32.2 Å². The lowest BCUT2D eigenvalue weighted by Crippen LogP contribution is -2.50. The van der Waals surface area contributed by atoms with Crippen molar-refractivity contribution in [1.29, 1.82) is 5.26 Å². The number of hydrogen-bond donors (Lipinski definition) is 0. The van der Waals surface area contributed by atoms with E-state index in [0.717, 1.165) is 0 Å². The summed E-state index contributed by atoms with van der Waals surface area (Å²) in [7, 11) is 0. The SMILES string of the molecule is Cc1cc(C(=O)N2CCN(C(=O)c3ccc(COc4ccc(C#N)cc4)o3)CC2)on1. The fraction of sp³-hybridized carbons (Fsp3) is 0.273. The maximum atomic E-state index is 12.7. The van der Waals surface area contributed by atoms with Gasteiger partial charge in [-0.1, -0.05) is 5.16 Å². The maximum absolute atomic E-state index is 12.7. The average molecular weight is 420 g/mol. The van der Waals surface area contributed by atoms with Crippen LogP contribution < -0.4 is 4.74 Å². The average Bonchev–Trinajstić information content (AvgIpc) is 3.46. The lowest BCUT2D eigenvalue weighted by molar-refractivity contribution is 0.0495. The summed E-state index contributed by atoms with van der Waals surface area (Å²) in [6.45, 7) is 3.52. The molecule has 158 valence electrons. The lowest BCUT2D eigenvalue weighted by atomic mass is 10.2. The Balaban J connectivity index is 1.29. The third kappa shape index (κ3) is 4.59. The second-order valence-electron chi connectivity index (χ2n) is 7.11. The van der Waals surface area contributed by atoms with E-state index in [1.807, 2.05) is 6.07 Å². The predicted molar refractivity (Wildman–Crippen MR) is 107 cm³/mol. The van der Waals surface area contributed by atoms with Crippen molar-refractivity contribution in [2.24, 2.45) is 0 Å². The Morgan fingerprint density at radius 3 is 2.26 bits per heavy atom. The normalized spacial score (nSPS) is 13.7. The van der Waals surface area contributed by atoms with Crippen LogP contribution in [0.5, 0.6) is 5.75 Å². The van der Waals surface area contributed by atoms with Crippen molar-refractivity contribution < 1.29 is 23.3 Å². The fourth-order valence-corrected chi connectivity index (χ4v) is 3.24. The van der Waals surface area contributed by atoms with E-state index >= 15 is 0 Å². The zero-order valence-corrected chi connectivity index (χ0v) is 16.9. The minimum Gasteiger partial charge on any atom is -0.486 e. The number of benzene rings is 1. The highest BCUT2D eigenvalue weighted by Gasteiger charge is 2.28. The Labute approximate surface area is 178 Å². The van der Waals surface area contributed by atoms with Crippen molar-refractivity contribution in [2.45, 2.75) is 13.5 Å². The number of piperazine rings is 1. The van der Waals surface area contributed by atoms with Crippen molar-refractivity contribution in [3.8, 4) is 11.8 Å². The third-order valence-corrected chi connectivity index (χ3v) is 4.93. The van der Waals surface area contributed by atoms with Crippen LogP contribution in [-0.4, -0.2) is 52.9 Å². The minimum absolute atomic E-state index is 0.165. The van der Waals surface area contributed by atoms with Gasteiger partial charge < -0.3 is 23.5 Å². The van der Waals surface area contributed by atoms with Crippen LogP contribution in [0.3, 0.4) is 0 Å². The smallest absolute Gasteiger partial charge is 0.292 e. The third-order valence-electron chi connectivity index (χ3n) is 4.93. The first kappa shape index (κ1) is 20.2. The summed E-state index contributed by atoms with van der Waals surface area (Å²) in [6, 6.07) is 13.7. The van der Waals surface area contributed by atoms with E-state index in [-0.39, 0.29) is 29.9 Å². The fourth-order valence-electron chi connectivity index (χ4n) is 3.24. The summed E-state index contributed by atoms with van der Waals surface area (Å²) >= 11 is 0. The summed E-state index contributed by atoms with van der Waals surface area (Å²) in [5, 5.41) is 12.6. The second kappa shape index (κ2) is 8.75. The molecule has 0 bridgehead atoms. The van der Waals surface area contributed by atoms with Crippen molar-refractivity contribution in [2.75, 3.05) is 26.2 Å². The molecule has 3 heterocycles. The molecule has 0 saturated carbocycles. The number of aryl methyl sites for hydroxylation is 1. The van der Waals surface area contributed by atoms with Gasteiger partial charge in [0.15, 0.2) is 5.76 Å². The molecule has 4 rings (SSSR count). The van der Waals surface area contributed by atoms with Crippen molar-refractivity contribution >= 4 is 11.8 Å². The van der Waals surface area contributed by atoms with E-state index in [2.05, 4.69) is 5.16 Å². The van der Waals surface area contributed by atoms with E-state index in [0.29, 0.717) is 48.9 Å². The second-order valence-corrected chi connectivity index (χ2v) is 7.11. The minimum atomic E-state index is -0.229. The number of nitrogens with zero attached hydrogens (tertiary/aromatic N) is 4. The van der Waals surface area contributed by atoms with Gasteiger partial charge in [0.05, 0.1) is 17.3 Å². The van der Waals surface area contributed by atoms with Gasteiger partial charge in [-0.05, 0) is 43.3 Å². The predicted octanol–water partition coefficient (Wildman–Crippen LogP) is 2.62. The monoisotopic (exact) mass is 420 g/mol. The first-order valence-electron chi connectivity index (χ1n) is 9.77. The Morgan fingerprint density at radius 1 is 1.03 bits per heavy atom. The molecule has 2 amide bonds. The molecule has 2 aromatic heterocycles. The molecule has 0 unspecified atom stereocenters. The van der Waals surface area contributed by atoms with Crippen LogP contribution in [0.2, 0.25) is 0 Å². The molecule has 1 aliphatic heterocycles. The summed E-state index contributed by atoms with van der Waals surface area (Å²) in [6.07, 6.45) is 0. The standard InChI is InChI=1S/C22H20N4O5/c1-15-12-20(31-24-15)22(28)26-10-8-25(9-11-26)21(27)19-7-6-18(30-19)14-29-17-4-2-16(13-23)3-5-17/h2-7,12H,8-11,14H2,1H3. The number of rotatable bonds is 5. The molecule has 0 spiro atoms. The van der Waals surface area contributed by atoms with Crippen LogP contribution in [0, 0.1) is 18.3 Å². The molecule has 3 aromatic rings. The van der Waals surface area contributed by atoms with Crippen molar-refractivity contribution in [1.82, 2.24) is 15.0 Å². The Bertz CT molecular complexity index is 1120. The molecule has 9 heteroatoms. The van der Waals surface area contributed by atoms with Gasteiger partial charge in [0.1, 0.15) is 18.1 Å². The summed E-state index contributed by atoms with van der Waals surface area (Å²) in [4.78, 5) is 28.5. The largest absolute Gasteiger partial charge is 0.486 e. The van der Waals surface area contributed by atoms with E-state index in [4.69, 9.17) is 18.9 Å². The van der Waals surface area contributed by atoms with E-state index < -0.39 is 0 Å². The number of carbonyl (C=O) groups is 2. The van der Waals surface area contributed by atoms with Crippen LogP contribution >= 0.6 is 0 Å². The molecular formula is C22H20N4O5. The molecule has 0 atom stereocenters. The number of carbonyl (C=O) groups excluding carboxylic acids is 2. The Hall–Kier alpha value is -4.06. The first-order valence-corrected chi connectivity index (χ1v) is 9.77. The molecule has 1 fully saturated rings. The summed E-state index contributed by atoms with van der Waals surface area (Å²) in [5.74, 6) is 1.09. The van der Waals surface area contributed by atoms with Crippen LogP contribution in [0.1, 0.15) is 38.1 Å². The maximum Gasteiger partial charge on any atom is 0.292 e. The van der Waals surface area contributed by atoms with Crippen molar-refractivity contribution in [3.63, 3.8) is 0 Å². The summed E-state index contributed by atoms with van der Waals surface area (Å²) in [5.41, 5.74) is 1.20. The van der Waals surface area contributed by atoms with Gasteiger partial charge in [-0.2, -0.15) is 5.26 Å². The van der Waals surface area contributed by atoms with Crippen LogP contribution in [0.25, 0.3) is 0 Å². The number of aromatic nitrogens is 1. The highest BCUT2D eigenvalue weighted by atomic mass is 16.5. The van der Waals surface area contributed by atoms with Gasteiger partial charge in [-0.3, -0.25) is 9.59 Å². The molecule has 31 heavy (non-hydrogen) atoms. The zero-order chi connectivity index (χ0) is 21.8. The molecular weight excluding hydrogens is 400 g/mol. The van der Waals surface area contributed by atoms with Crippen LogP contribution in [0.4, 0.5) is 0 Å². The Morgan fingerprint density at radius 2 is 1.68 bits per heavy atom. The van der Waals surface area contributed by atoms with Crippen LogP contribution in [0.15, 0.2) is 51.4 Å². The van der Waals surface area contributed by atoms with E-state index in [1.165, 1.54) is 0 Å². The molecule has 0 N–H and O–H groups in total. The number of hydrogen-bond acceptors (Lipinski definition) is 7. The zero-order valence-electron chi connectivity index (χ0n) is 16.9. The van der Waals surface area contributed by atoms with Crippen LogP contribution in [-0.2, 0) is 6.61 Å². The molecule has 0 radical (unpaired) electrons. The summed E-state index contributed by atoms with van der Waals surface area (Å²) < 4.78 is 16.3. The molecule has 1 aromatic carbocycles. The van der Waals surface area contributed by atoms with Gasteiger partial charge >= 0.3 is 0 Å². The van der Waals surface area contributed by atoms with E-state index in [9.17, 15) is 9.59 Å². The highest BCUT2D eigenvalue weighted by Crippen LogP contribution is 2.17. The molecule has 0 aliphatic carbocycles. The van der Waals surface area contributed by atoms with E-state index in [1.54, 1.807) is 59.2 Å². The quantitative estimate of drug-likeness (QED) is 0.623. The van der Waals surface area contributed by atoms with Crippen molar-refractivity contribution in [3.05, 3.63) is 71.0 Å². The molecule has 1 saturated heterocycles. The number of furan rings is 1. The van der Waals surface area contributed by atoms with Gasteiger partial charge in [0.25, 0.3) is 11.8 Å². The highest BCUT2D eigenvalue weighted by molar-refractivity contribution is 5.93. The van der Waals surface area contributed by atoms with Gasteiger partial charge in [-0.25, -0.2) is 0 Å². The number of nitriles is 1. The van der Waals surface area contributed by atoms with Gasteiger partial charge in [0.2, 0.25) is 5.76 Å². The number of ether oxygens (including phenoxy) is 1. The number of amides is 2. The molecule has 9 nitrogen and oxygen atoms in total. The van der Waals surface area contributed by atoms with Gasteiger partial charge in [-0.15, -0.1) is 0 Å².